The van der Waals surface area contributed by atoms with Crippen LogP contribution >= 0.6 is 0 Å². The van der Waals surface area contributed by atoms with Gasteiger partial charge in [-0.2, -0.15) is 0 Å². The SMILES string of the molecule is CO[Si](OC)(OC)C1(C2CC(=O)N(C)C2=O)CC1. The lowest BCUT2D eigenvalue weighted by atomic mass is 10.0. The molecule has 2 fully saturated rings. The van der Waals surface area contributed by atoms with Crippen LogP contribution in [-0.2, 0) is 22.9 Å². The summed E-state index contributed by atoms with van der Waals surface area (Å²) in [4.78, 5) is 25.0. The van der Waals surface area contributed by atoms with Gasteiger partial charge in [-0.25, -0.2) is 0 Å². The van der Waals surface area contributed by atoms with Crippen molar-refractivity contribution in [3.8, 4) is 0 Å². The number of hydrogen-bond donors (Lipinski definition) is 0. The highest BCUT2D eigenvalue weighted by atomic mass is 28.4. The molecule has 102 valence electrons. The minimum absolute atomic E-state index is 0.137. The highest BCUT2D eigenvalue weighted by molar-refractivity contribution is 6.65. The Morgan fingerprint density at radius 3 is 1.94 bits per heavy atom. The molecule has 18 heavy (non-hydrogen) atoms. The van der Waals surface area contributed by atoms with Crippen LogP contribution in [0.4, 0.5) is 0 Å². The molecule has 2 amide bonds. The molecule has 1 aliphatic carbocycles. The number of amides is 2. The number of rotatable bonds is 5. The molecule has 1 saturated heterocycles. The second-order valence-corrected chi connectivity index (χ2v) is 8.21. The van der Waals surface area contributed by atoms with Crippen LogP contribution in [0.15, 0.2) is 0 Å². The van der Waals surface area contributed by atoms with Crippen molar-refractivity contribution in [2.45, 2.75) is 24.3 Å². The number of carbonyl (C=O) groups excluding carboxylic acids is 2. The number of imide groups is 1. The van der Waals surface area contributed by atoms with Gasteiger partial charge in [0.15, 0.2) is 0 Å². The molecule has 0 N–H and O–H groups in total. The van der Waals surface area contributed by atoms with E-state index in [0.717, 1.165) is 12.8 Å². The Morgan fingerprint density at radius 2 is 1.67 bits per heavy atom. The van der Waals surface area contributed by atoms with E-state index >= 15 is 0 Å². The van der Waals surface area contributed by atoms with Crippen molar-refractivity contribution in [1.82, 2.24) is 4.90 Å². The van der Waals surface area contributed by atoms with Gasteiger partial charge in [0.05, 0.1) is 11.0 Å². The molecular weight excluding hydrogens is 254 g/mol. The highest BCUT2D eigenvalue weighted by Crippen LogP contribution is 2.68. The molecule has 2 aliphatic rings. The molecule has 1 unspecified atom stereocenters. The lowest BCUT2D eigenvalue weighted by molar-refractivity contribution is -0.138. The maximum Gasteiger partial charge on any atom is 0.507 e. The zero-order valence-corrected chi connectivity index (χ0v) is 12.2. The third-order valence-corrected chi connectivity index (χ3v) is 7.93. The molecule has 1 atom stereocenters. The van der Waals surface area contributed by atoms with Crippen molar-refractivity contribution >= 4 is 20.6 Å². The van der Waals surface area contributed by atoms with Crippen molar-refractivity contribution in [1.29, 1.82) is 0 Å². The number of hydrogen-bond acceptors (Lipinski definition) is 5. The molecule has 0 spiro atoms. The zero-order chi connectivity index (χ0) is 13.6. The van der Waals surface area contributed by atoms with Gasteiger partial charge in [-0.15, -0.1) is 0 Å². The summed E-state index contributed by atoms with van der Waals surface area (Å²) in [5.74, 6) is -0.635. The van der Waals surface area contributed by atoms with E-state index in [0.29, 0.717) is 0 Å². The van der Waals surface area contributed by atoms with E-state index < -0.39 is 13.8 Å². The van der Waals surface area contributed by atoms with Crippen LogP contribution < -0.4 is 0 Å². The average Bonchev–Trinajstić information content (AvgIpc) is 3.14. The molecule has 2 rings (SSSR count). The first-order chi connectivity index (χ1) is 8.48. The van der Waals surface area contributed by atoms with Crippen LogP contribution in [-0.4, -0.2) is 53.9 Å². The summed E-state index contributed by atoms with van der Waals surface area (Å²) in [6.07, 6.45) is 1.86. The molecule has 6 nitrogen and oxygen atoms in total. The Balaban J connectivity index is 2.32. The second-order valence-electron chi connectivity index (χ2n) is 4.87. The summed E-state index contributed by atoms with van der Waals surface area (Å²) < 4.78 is 16.5. The number of carbonyl (C=O) groups is 2. The minimum Gasteiger partial charge on any atom is -0.376 e. The molecule has 1 saturated carbocycles. The van der Waals surface area contributed by atoms with Crippen LogP contribution in [0, 0.1) is 5.92 Å². The van der Waals surface area contributed by atoms with Crippen molar-refractivity contribution in [2.24, 2.45) is 5.92 Å². The Hall–Kier alpha value is -0.763. The van der Waals surface area contributed by atoms with E-state index in [-0.39, 0.29) is 24.2 Å². The Bertz CT molecular complexity index is 369. The maximum absolute atomic E-state index is 12.2. The van der Waals surface area contributed by atoms with Crippen molar-refractivity contribution < 1.29 is 22.9 Å². The molecular formula is C11H19NO5Si. The van der Waals surface area contributed by atoms with Crippen LogP contribution in [0.25, 0.3) is 0 Å². The Labute approximate surface area is 108 Å². The quantitative estimate of drug-likeness (QED) is 0.536. The van der Waals surface area contributed by atoms with E-state index in [4.69, 9.17) is 13.3 Å². The number of nitrogens with zero attached hydrogens (tertiary/aromatic N) is 1. The third-order valence-electron chi connectivity index (χ3n) is 4.25. The van der Waals surface area contributed by atoms with Gasteiger partial charge in [0.25, 0.3) is 0 Å². The van der Waals surface area contributed by atoms with Crippen LogP contribution in [0.2, 0.25) is 5.04 Å². The van der Waals surface area contributed by atoms with Gasteiger partial charge in [0.1, 0.15) is 0 Å². The summed E-state index contributed by atoms with van der Waals surface area (Å²) in [5, 5.41) is -0.414. The minimum atomic E-state index is -2.90. The van der Waals surface area contributed by atoms with Crippen molar-refractivity contribution in [3.05, 3.63) is 0 Å². The van der Waals surface area contributed by atoms with E-state index in [1.54, 1.807) is 21.3 Å². The summed E-state index contributed by atoms with van der Waals surface area (Å²) in [5.41, 5.74) is 0. The molecule has 0 radical (unpaired) electrons. The average molecular weight is 273 g/mol. The summed E-state index contributed by atoms with van der Waals surface area (Å²) in [6, 6.07) is 0. The Kier molecular flexibility index (Phi) is 3.35. The zero-order valence-electron chi connectivity index (χ0n) is 11.2. The van der Waals surface area contributed by atoms with E-state index in [9.17, 15) is 9.59 Å². The lowest BCUT2D eigenvalue weighted by Crippen LogP contribution is -2.52. The monoisotopic (exact) mass is 273 g/mol. The normalized spacial score (nSPS) is 26.9. The fourth-order valence-corrected chi connectivity index (χ4v) is 6.16. The first-order valence-corrected chi connectivity index (χ1v) is 7.66. The van der Waals surface area contributed by atoms with Crippen molar-refractivity contribution in [2.75, 3.05) is 28.4 Å². The van der Waals surface area contributed by atoms with Crippen molar-refractivity contribution in [3.63, 3.8) is 0 Å². The van der Waals surface area contributed by atoms with E-state index in [1.807, 2.05) is 0 Å². The molecule has 0 bridgehead atoms. The second kappa shape index (κ2) is 4.41. The predicted octanol–water partition coefficient (Wildman–Crippen LogP) is 0.404. The predicted molar refractivity (Wildman–Crippen MR) is 64.6 cm³/mol. The lowest BCUT2D eigenvalue weighted by Gasteiger charge is -2.35. The van der Waals surface area contributed by atoms with Crippen LogP contribution in [0.5, 0.6) is 0 Å². The van der Waals surface area contributed by atoms with Gasteiger partial charge in [-0.05, 0) is 12.8 Å². The van der Waals surface area contributed by atoms with Gasteiger partial charge in [0.2, 0.25) is 11.8 Å². The first kappa shape index (κ1) is 13.7. The van der Waals surface area contributed by atoms with E-state index in [2.05, 4.69) is 0 Å². The van der Waals surface area contributed by atoms with Gasteiger partial charge in [0, 0.05) is 34.8 Å². The van der Waals surface area contributed by atoms with Crippen LogP contribution in [0.1, 0.15) is 19.3 Å². The smallest absolute Gasteiger partial charge is 0.376 e. The topological polar surface area (TPSA) is 65.1 Å². The number of likely N-dealkylation sites (tertiary alicyclic amines) is 1. The molecule has 1 aliphatic heterocycles. The summed E-state index contributed by atoms with van der Waals surface area (Å²) in [6.45, 7) is 0. The summed E-state index contributed by atoms with van der Waals surface area (Å²) in [7, 11) is 3.26. The van der Waals surface area contributed by atoms with E-state index in [1.165, 1.54) is 11.9 Å². The highest BCUT2D eigenvalue weighted by Gasteiger charge is 2.73. The summed E-state index contributed by atoms with van der Waals surface area (Å²) >= 11 is 0. The molecule has 1 heterocycles. The largest absolute Gasteiger partial charge is 0.507 e. The molecule has 7 heteroatoms. The van der Waals surface area contributed by atoms with Crippen LogP contribution in [0.3, 0.4) is 0 Å². The van der Waals surface area contributed by atoms with Gasteiger partial charge < -0.3 is 13.3 Å². The van der Waals surface area contributed by atoms with Gasteiger partial charge in [-0.1, -0.05) is 0 Å². The maximum atomic E-state index is 12.2. The third kappa shape index (κ3) is 1.58. The molecule has 0 aromatic heterocycles. The molecule has 0 aromatic rings. The Morgan fingerprint density at radius 1 is 1.17 bits per heavy atom. The fourth-order valence-electron chi connectivity index (χ4n) is 3.05. The molecule has 0 aromatic carbocycles. The standard InChI is InChI=1S/C11H19NO5Si/c1-12-9(13)7-8(10(12)14)11(5-6-11)18(15-2,16-3)17-4/h8H,5-7H2,1-4H3. The van der Waals surface area contributed by atoms with Gasteiger partial charge in [-0.3, -0.25) is 14.5 Å². The first-order valence-electron chi connectivity index (χ1n) is 5.94. The van der Waals surface area contributed by atoms with Gasteiger partial charge >= 0.3 is 8.80 Å². The fraction of sp³-hybridized carbons (Fsp3) is 0.818.